The summed E-state index contributed by atoms with van der Waals surface area (Å²) < 4.78 is 41.5. The van der Waals surface area contributed by atoms with E-state index in [2.05, 4.69) is 50.1 Å². The summed E-state index contributed by atoms with van der Waals surface area (Å²) in [6, 6.07) is 0. The first-order valence-electron chi connectivity index (χ1n) is 16.3. The van der Waals surface area contributed by atoms with Crippen molar-refractivity contribution in [3.8, 4) is 0 Å². The van der Waals surface area contributed by atoms with Crippen LogP contribution < -0.4 is 10.6 Å². The molecule has 0 atom stereocenters. The summed E-state index contributed by atoms with van der Waals surface area (Å²) in [6.07, 6.45) is -2.41. The van der Waals surface area contributed by atoms with Gasteiger partial charge in [0.1, 0.15) is 50.7 Å². The van der Waals surface area contributed by atoms with Crippen molar-refractivity contribution in [2.45, 2.75) is 59.0 Å². The molecule has 0 fully saturated rings. The van der Waals surface area contributed by atoms with E-state index in [0.717, 1.165) is 0 Å². The minimum atomic E-state index is -1.87. The Bertz CT molecular complexity index is 1310. The summed E-state index contributed by atoms with van der Waals surface area (Å²) in [6.45, 7) is 24.3. The molecular weight excluding hydrogens is 728 g/mol. The fourth-order valence-corrected chi connectivity index (χ4v) is 3.32. The highest BCUT2D eigenvalue weighted by atomic mass is 16.6. The molecular formula is C37H50N2O16. The molecule has 2 N–H and O–H groups in total. The number of nitrogens with one attached hydrogen (secondary N) is 2. The summed E-state index contributed by atoms with van der Waals surface area (Å²) >= 11 is 0. The van der Waals surface area contributed by atoms with Crippen LogP contribution in [-0.4, -0.2) is 112 Å². The van der Waals surface area contributed by atoms with Crippen molar-refractivity contribution in [1.29, 1.82) is 0 Å². The molecule has 55 heavy (non-hydrogen) atoms. The lowest BCUT2D eigenvalue weighted by Gasteiger charge is -2.33. The van der Waals surface area contributed by atoms with E-state index < -0.39 is 98.7 Å². The molecule has 0 aromatic carbocycles. The molecule has 0 aliphatic carbocycles. The molecule has 18 nitrogen and oxygen atoms in total. The fraction of sp³-hybridized carbons (Fsp3) is 0.459. The van der Waals surface area contributed by atoms with Crippen LogP contribution in [0.3, 0.4) is 0 Å². The molecule has 0 heterocycles. The average Bonchev–Trinajstić information content (AvgIpc) is 3.10. The smallest absolute Gasteiger partial charge is 0.407 e. The zero-order valence-corrected chi connectivity index (χ0v) is 32.1. The Kier molecular flexibility index (Phi) is 20.8. The zero-order chi connectivity index (χ0) is 42.5. The first-order valence-corrected chi connectivity index (χ1v) is 16.3. The zero-order valence-electron chi connectivity index (χ0n) is 32.1. The van der Waals surface area contributed by atoms with Gasteiger partial charge in [-0.1, -0.05) is 39.5 Å². The minimum absolute atomic E-state index is 0.00393. The Balaban J connectivity index is 5.90. The van der Waals surface area contributed by atoms with Gasteiger partial charge >= 0.3 is 48.0 Å². The third-order valence-electron chi connectivity index (χ3n) is 6.46. The number of carbonyl (C=O) groups is 8. The van der Waals surface area contributed by atoms with Gasteiger partial charge in [0.2, 0.25) is 0 Å². The number of rotatable bonds is 24. The van der Waals surface area contributed by atoms with E-state index in [-0.39, 0.29) is 53.1 Å². The van der Waals surface area contributed by atoms with Gasteiger partial charge in [-0.05, 0) is 41.5 Å². The SMILES string of the molecule is C=C(C)C(=O)OCC(COC(=O)C(=C)C)(COC(=O)C(=C)C)NC(=O)OCCCOC(=O)NC(COC(=O)C(=C)C)(COC(=O)C(=C)C)COC(=O)C(=C)C. The van der Waals surface area contributed by atoms with Crippen LogP contribution in [0.25, 0.3) is 0 Å². The normalized spacial score (nSPS) is 10.6. The lowest BCUT2D eigenvalue weighted by atomic mass is 10.0. The summed E-state index contributed by atoms with van der Waals surface area (Å²) in [4.78, 5) is 99.1. The van der Waals surface area contributed by atoms with Gasteiger partial charge in [0.15, 0.2) is 0 Å². The third kappa shape index (κ3) is 19.4. The fourth-order valence-electron chi connectivity index (χ4n) is 3.32. The van der Waals surface area contributed by atoms with Gasteiger partial charge in [-0.3, -0.25) is 0 Å². The van der Waals surface area contributed by atoms with Crippen LogP contribution >= 0.6 is 0 Å². The standard InChI is InChI=1S/C37H50N2O16/c1-22(2)28(40)50-16-36(17-51-29(41)23(3)4,18-52-30(42)24(5)6)38-34(46)48-14-13-15-49-35(47)39-37(19-53-31(43)25(7)8,20-54-32(44)26(9)10)21-55-33(45)27(11)12/h1,3,5,7,9,11,13-21H2,2,4,6,8,10,12H3,(H,38,46)(H,39,47). The van der Waals surface area contributed by atoms with Crippen LogP contribution in [0, 0.1) is 0 Å². The second-order valence-electron chi connectivity index (χ2n) is 12.6. The van der Waals surface area contributed by atoms with Gasteiger partial charge in [0, 0.05) is 39.9 Å². The number of ether oxygens (including phenoxy) is 8. The first kappa shape index (κ1) is 48.8. The highest BCUT2D eigenvalue weighted by molar-refractivity contribution is 5.89. The van der Waals surface area contributed by atoms with Crippen LogP contribution in [-0.2, 0) is 66.7 Å². The highest BCUT2D eigenvalue weighted by Gasteiger charge is 2.40. The molecule has 0 aliphatic heterocycles. The van der Waals surface area contributed by atoms with Crippen LogP contribution in [0.15, 0.2) is 72.9 Å². The van der Waals surface area contributed by atoms with E-state index in [4.69, 9.17) is 37.9 Å². The Labute approximate surface area is 319 Å². The van der Waals surface area contributed by atoms with Gasteiger partial charge in [-0.2, -0.15) is 0 Å². The largest absolute Gasteiger partial charge is 0.460 e. The second kappa shape index (κ2) is 23.5. The predicted octanol–water partition coefficient (Wildman–Crippen LogP) is 3.02. The van der Waals surface area contributed by atoms with Crippen molar-refractivity contribution < 1.29 is 76.3 Å². The van der Waals surface area contributed by atoms with Crippen molar-refractivity contribution in [2.24, 2.45) is 0 Å². The Hall–Kier alpha value is -6.20. The third-order valence-corrected chi connectivity index (χ3v) is 6.46. The molecule has 0 bridgehead atoms. The minimum Gasteiger partial charge on any atom is -0.460 e. The Morgan fingerprint density at radius 3 is 0.709 bits per heavy atom. The molecule has 304 valence electrons. The number of hydrogen-bond donors (Lipinski definition) is 2. The molecule has 0 aliphatic rings. The summed E-state index contributed by atoms with van der Waals surface area (Å²) in [5.74, 6) is -5.20. The Morgan fingerprint density at radius 1 is 0.364 bits per heavy atom. The van der Waals surface area contributed by atoms with Crippen LogP contribution in [0.1, 0.15) is 48.0 Å². The maximum atomic E-state index is 12.9. The lowest BCUT2D eigenvalue weighted by Crippen LogP contribution is -2.59. The molecule has 0 spiro atoms. The van der Waals surface area contributed by atoms with E-state index in [1.165, 1.54) is 41.5 Å². The number of esters is 6. The number of alkyl carbamates (subject to hydrolysis) is 2. The van der Waals surface area contributed by atoms with Crippen molar-refractivity contribution >= 4 is 48.0 Å². The van der Waals surface area contributed by atoms with Crippen molar-refractivity contribution in [1.82, 2.24) is 10.6 Å². The Morgan fingerprint density at radius 2 is 0.545 bits per heavy atom. The maximum Gasteiger partial charge on any atom is 0.407 e. The predicted molar refractivity (Wildman–Crippen MR) is 194 cm³/mol. The topological polar surface area (TPSA) is 234 Å². The molecule has 0 saturated carbocycles. The molecule has 0 unspecified atom stereocenters. The van der Waals surface area contributed by atoms with Gasteiger partial charge in [-0.15, -0.1) is 0 Å². The lowest BCUT2D eigenvalue weighted by molar-refractivity contribution is -0.154. The molecule has 2 amide bonds. The number of amides is 2. The van der Waals surface area contributed by atoms with Gasteiger partial charge in [0.05, 0.1) is 13.2 Å². The summed E-state index contributed by atoms with van der Waals surface area (Å²) in [7, 11) is 0. The van der Waals surface area contributed by atoms with Crippen LogP contribution in [0.4, 0.5) is 9.59 Å². The van der Waals surface area contributed by atoms with Gasteiger partial charge in [-0.25, -0.2) is 38.4 Å². The van der Waals surface area contributed by atoms with E-state index in [1.54, 1.807) is 0 Å². The van der Waals surface area contributed by atoms with Crippen LogP contribution in [0.5, 0.6) is 0 Å². The monoisotopic (exact) mass is 778 g/mol. The van der Waals surface area contributed by atoms with Gasteiger partial charge < -0.3 is 48.5 Å². The molecule has 0 radical (unpaired) electrons. The van der Waals surface area contributed by atoms with Crippen LogP contribution in [0.2, 0.25) is 0 Å². The molecule has 0 rings (SSSR count). The van der Waals surface area contributed by atoms with E-state index in [1.807, 2.05) is 0 Å². The molecule has 0 aromatic heterocycles. The molecule has 0 aromatic rings. The molecule has 0 saturated heterocycles. The van der Waals surface area contributed by atoms with E-state index in [9.17, 15) is 38.4 Å². The maximum absolute atomic E-state index is 12.9. The average molecular weight is 779 g/mol. The van der Waals surface area contributed by atoms with Crippen molar-refractivity contribution in [2.75, 3.05) is 52.9 Å². The number of carbonyl (C=O) groups excluding carboxylic acids is 8. The molecule has 18 heteroatoms. The summed E-state index contributed by atoms with van der Waals surface area (Å²) in [5.41, 5.74) is -3.71. The van der Waals surface area contributed by atoms with Gasteiger partial charge in [0.25, 0.3) is 0 Å². The quantitative estimate of drug-likeness (QED) is 0.0620. The van der Waals surface area contributed by atoms with Crippen molar-refractivity contribution in [3.05, 3.63) is 72.9 Å². The first-order chi connectivity index (χ1) is 25.5. The van der Waals surface area contributed by atoms with Crippen molar-refractivity contribution in [3.63, 3.8) is 0 Å². The highest BCUT2D eigenvalue weighted by Crippen LogP contribution is 2.15. The van der Waals surface area contributed by atoms with E-state index in [0.29, 0.717) is 0 Å². The summed E-state index contributed by atoms with van der Waals surface area (Å²) in [5, 5.41) is 4.78. The second-order valence-corrected chi connectivity index (χ2v) is 12.6. The van der Waals surface area contributed by atoms with E-state index >= 15 is 0 Å². The number of hydrogen-bond acceptors (Lipinski definition) is 16.